The second-order valence-corrected chi connectivity index (χ2v) is 9.52. The molecule has 3 aromatic rings. The highest BCUT2D eigenvalue weighted by Crippen LogP contribution is 2.29. The third-order valence-electron chi connectivity index (χ3n) is 5.49. The number of carbonyl (C=O) groups is 2. The molecule has 0 unspecified atom stereocenters. The van der Waals surface area contributed by atoms with Gasteiger partial charge in [-0.3, -0.25) is 13.9 Å². The van der Waals surface area contributed by atoms with Crippen LogP contribution in [0.25, 0.3) is 0 Å². The highest BCUT2D eigenvalue weighted by atomic mass is 32.2. The van der Waals surface area contributed by atoms with Gasteiger partial charge in [0.05, 0.1) is 10.6 Å². The van der Waals surface area contributed by atoms with Gasteiger partial charge in [-0.2, -0.15) is 0 Å². The lowest BCUT2D eigenvalue weighted by atomic mass is 10.1. The van der Waals surface area contributed by atoms with E-state index in [1.807, 2.05) is 6.07 Å². The molecule has 1 heterocycles. The number of benzene rings is 3. The van der Waals surface area contributed by atoms with E-state index in [2.05, 4.69) is 5.32 Å². The number of nitrogens with one attached hydrogen (secondary N) is 1. The highest BCUT2D eigenvalue weighted by molar-refractivity contribution is 7.92. The molecule has 2 amide bonds. The van der Waals surface area contributed by atoms with Crippen LogP contribution in [0.15, 0.2) is 77.7 Å². The molecule has 32 heavy (non-hydrogen) atoms. The zero-order chi connectivity index (χ0) is 22.9. The Morgan fingerprint density at radius 3 is 2.44 bits per heavy atom. The number of sulfonamides is 1. The van der Waals surface area contributed by atoms with E-state index in [1.54, 1.807) is 59.5 Å². The zero-order valence-electron chi connectivity index (χ0n) is 17.8. The summed E-state index contributed by atoms with van der Waals surface area (Å²) >= 11 is 0. The first-order valence-corrected chi connectivity index (χ1v) is 11.6. The quantitative estimate of drug-likeness (QED) is 0.644. The number of hydrogen-bond acceptors (Lipinski definition) is 4. The molecule has 7 nitrogen and oxygen atoms in total. The van der Waals surface area contributed by atoms with E-state index in [4.69, 9.17) is 0 Å². The molecule has 164 valence electrons. The molecule has 0 atom stereocenters. The van der Waals surface area contributed by atoms with Gasteiger partial charge in [-0.15, -0.1) is 0 Å². The van der Waals surface area contributed by atoms with Gasteiger partial charge in [0.2, 0.25) is 5.91 Å². The van der Waals surface area contributed by atoms with E-state index < -0.39 is 10.0 Å². The Morgan fingerprint density at radius 1 is 0.969 bits per heavy atom. The number of carbonyl (C=O) groups excluding carboxylic acids is 2. The fourth-order valence-electron chi connectivity index (χ4n) is 3.74. The molecule has 0 saturated heterocycles. The minimum Gasteiger partial charge on any atom is -0.322 e. The maximum absolute atomic E-state index is 13.0. The molecule has 0 radical (unpaired) electrons. The second-order valence-electron chi connectivity index (χ2n) is 7.55. The van der Waals surface area contributed by atoms with Crippen LogP contribution in [-0.4, -0.2) is 33.8 Å². The fraction of sp³-hybridized carbons (Fsp3) is 0.167. The second kappa shape index (κ2) is 8.47. The molecule has 0 fully saturated rings. The van der Waals surface area contributed by atoms with E-state index in [-0.39, 0.29) is 16.7 Å². The molecule has 0 spiro atoms. The number of amides is 2. The van der Waals surface area contributed by atoms with Gasteiger partial charge in [-0.25, -0.2) is 8.42 Å². The Hall–Kier alpha value is -3.65. The summed E-state index contributed by atoms with van der Waals surface area (Å²) < 4.78 is 27.3. The van der Waals surface area contributed by atoms with E-state index in [9.17, 15) is 18.0 Å². The Morgan fingerprint density at radius 2 is 1.72 bits per heavy atom. The summed E-state index contributed by atoms with van der Waals surface area (Å²) in [4.78, 5) is 26.3. The van der Waals surface area contributed by atoms with Gasteiger partial charge < -0.3 is 10.2 Å². The summed E-state index contributed by atoms with van der Waals surface area (Å²) in [6.45, 7) is 2.12. The first-order chi connectivity index (χ1) is 15.3. The van der Waals surface area contributed by atoms with Crippen LogP contribution in [0.3, 0.4) is 0 Å². The molecule has 0 aromatic heterocycles. The van der Waals surface area contributed by atoms with Gasteiger partial charge in [0, 0.05) is 37.5 Å². The van der Waals surface area contributed by atoms with Crippen molar-refractivity contribution in [2.24, 2.45) is 0 Å². The standard InChI is InChI=1S/C24H23N3O4S/c1-17(28)27-14-13-18-15-19(11-12-23(18)27)24(29)25-20-7-6-10-22(16-20)32(30,31)26(2)21-8-4-3-5-9-21/h3-12,15-16H,13-14H2,1-2H3,(H,25,29). The van der Waals surface area contributed by atoms with Crippen molar-refractivity contribution in [3.63, 3.8) is 0 Å². The number of fused-ring (bicyclic) bond motifs is 1. The Kier molecular flexibility index (Phi) is 5.71. The normalized spacial score (nSPS) is 12.9. The minimum atomic E-state index is -3.79. The smallest absolute Gasteiger partial charge is 0.264 e. The third-order valence-corrected chi connectivity index (χ3v) is 7.27. The lowest BCUT2D eigenvalue weighted by Gasteiger charge is -2.20. The molecule has 1 N–H and O–H groups in total. The van der Waals surface area contributed by atoms with Crippen LogP contribution in [0.1, 0.15) is 22.8 Å². The lowest BCUT2D eigenvalue weighted by molar-refractivity contribution is -0.116. The predicted octanol–water partition coefficient (Wildman–Crippen LogP) is 3.67. The molecule has 1 aliphatic rings. The molecule has 3 aromatic carbocycles. The molecule has 0 aliphatic carbocycles. The summed E-state index contributed by atoms with van der Waals surface area (Å²) in [5.41, 5.74) is 3.13. The maximum atomic E-state index is 13.0. The molecule has 0 bridgehead atoms. The van der Waals surface area contributed by atoms with Crippen LogP contribution in [0.2, 0.25) is 0 Å². The van der Waals surface area contributed by atoms with Crippen LogP contribution in [0.4, 0.5) is 17.1 Å². The largest absolute Gasteiger partial charge is 0.322 e. The number of nitrogens with zero attached hydrogens (tertiary/aromatic N) is 2. The SMILES string of the molecule is CC(=O)N1CCc2cc(C(=O)Nc3cccc(S(=O)(=O)N(C)c4ccccc4)c3)ccc21. The van der Waals surface area contributed by atoms with Gasteiger partial charge in [-0.1, -0.05) is 24.3 Å². The third kappa shape index (κ3) is 4.09. The molecule has 1 aliphatic heterocycles. The van der Waals surface area contributed by atoms with Crippen LogP contribution in [-0.2, 0) is 21.2 Å². The van der Waals surface area contributed by atoms with Crippen molar-refractivity contribution in [2.75, 3.05) is 28.1 Å². The number of anilines is 3. The van der Waals surface area contributed by atoms with Crippen LogP contribution < -0.4 is 14.5 Å². The van der Waals surface area contributed by atoms with E-state index in [0.717, 1.165) is 11.3 Å². The summed E-state index contributed by atoms with van der Waals surface area (Å²) in [7, 11) is -2.30. The fourth-order valence-corrected chi connectivity index (χ4v) is 4.98. The maximum Gasteiger partial charge on any atom is 0.264 e. The van der Waals surface area contributed by atoms with Gasteiger partial charge >= 0.3 is 0 Å². The molecular formula is C24H23N3O4S. The lowest BCUT2D eigenvalue weighted by Crippen LogP contribution is -2.26. The van der Waals surface area contributed by atoms with Crippen LogP contribution in [0, 0.1) is 0 Å². The topological polar surface area (TPSA) is 86.8 Å². The van der Waals surface area contributed by atoms with Gasteiger partial charge in [0.15, 0.2) is 0 Å². The average Bonchev–Trinajstić information content (AvgIpc) is 3.23. The summed E-state index contributed by atoms with van der Waals surface area (Å²) in [6.07, 6.45) is 0.690. The van der Waals surface area contributed by atoms with Crippen molar-refractivity contribution in [1.29, 1.82) is 0 Å². The van der Waals surface area contributed by atoms with Gasteiger partial charge in [0.25, 0.3) is 15.9 Å². The summed E-state index contributed by atoms with van der Waals surface area (Å²) in [5.74, 6) is -0.375. The van der Waals surface area contributed by atoms with Crippen LogP contribution in [0.5, 0.6) is 0 Å². The number of para-hydroxylation sites is 1. The predicted molar refractivity (Wildman–Crippen MR) is 125 cm³/mol. The number of rotatable bonds is 5. The van der Waals surface area contributed by atoms with Crippen molar-refractivity contribution in [1.82, 2.24) is 0 Å². The number of hydrogen-bond donors (Lipinski definition) is 1. The first-order valence-electron chi connectivity index (χ1n) is 10.1. The van der Waals surface area contributed by atoms with Crippen molar-refractivity contribution in [2.45, 2.75) is 18.2 Å². The molecule has 4 rings (SSSR count). The first kappa shape index (κ1) is 21.6. The van der Waals surface area contributed by atoms with E-state index >= 15 is 0 Å². The Labute approximate surface area is 187 Å². The monoisotopic (exact) mass is 449 g/mol. The summed E-state index contributed by atoms with van der Waals surface area (Å²) in [5, 5.41) is 2.77. The van der Waals surface area contributed by atoms with Crippen LogP contribution >= 0.6 is 0 Å². The van der Waals surface area contributed by atoms with Crippen molar-refractivity contribution < 1.29 is 18.0 Å². The van der Waals surface area contributed by atoms with Gasteiger partial charge in [-0.05, 0) is 60.5 Å². The van der Waals surface area contributed by atoms with E-state index in [0.29, 0.717) is 29.9 Å². The summed E-state index contributed by atoms with van der Waals surface area (Å²) in [6, 6.07) is 20.2. The molecule has 0 saturated carbocycles. The Bertz CT molecular complexity index is 1290. The molecular weight excluding hydrogens is 426 g/mol. The minimum absolute atomic E-state index is 0.0283. The van der Waals surface area contributed by atoms with E-state index in [1.165, 1.54) is 30.4 Å². The van der Waals surface area contributed by atoms with Crippen molar-refractivity contribution in [3.8, 4) is 0 Å². The van der Waals surface area contributed by atoms with Gasteiger partial charge in [0.1, 0.15) is 0 Å². The zero-order valence-corrected chi connectivity index (χ0v) is 18.6. The van der Waals surface area contributed by atoms with Crippen molar-refractivity contribution in [3.05, 3.63) is 83.9 Å². The van der Waals surface area contributed by atoms with Crippen molar-refractivity contribution >= 4 is 38.9 Å². The Balaban J connectivity index is 1.55. The highest BCUT2D eigenvalue weighted by Gasteiger charge is 2.24. The molecule has 8 heteroatoms. The average molecular weight is 450 g/mol.